The summed E-state index contributed by atoms with van der Waals surface area (Å²) >= 11 is 0. The number of nitrogens with zero attached hydrogens (tertiary/aromatic N) is 2. The monoisotopic (exact) mass is 253 g/mol. The van der Waals surface area contributed by atoms with E-state index in [0.29, 0.717) is 12.1 Å². The Labute approximate surface area is 101 Å². The maximum atomic E-state index is 11.1. The molecule has 0 aliphatic carbocycles. The van der Waals surface area contributed by atoms with Gasteiger partial charge >= 0.3 is 0 Å². The van der Waals surface area contributed by atoms with Gasteiger partial charge in [0.1, 0.15) is 0 Å². The maximum absolute atomic E-state index is 11.1. The largest absolute Gasteiger partial charge is 0.284 e. The molecule has 1 N–H and O–H groups in total. The van der Waals surface area contributed by atoms with Crippen molar-refractivity contribution in [1.82, 2.24) is 0 Å². The lowest BCUT2D eigenvalue weighted by molar-refractivity contribution is 0.607. The zero-order chi connectivity index (χ0) is 12.9. The van der Waals surface area contributed by atoms with Gasteiger partial charge in [-0.1, -0.05) is 19.1 Å². The molecule has 0 saturated heterocycles. The zero-order valence-electron chi connectivity index (χ0n) is 9.84. The van der Waals surface area contributed by atoms with Gasteiger partial charge in [-0.05, 0) is 24.1 Å². The van der Waals surface area contributed by atoms with Crippen LogP contribution >= 0.6 is 0 Å². The lowest BCUT2D eigenvalue weighted by Crippen LogP contribution is -2.10. The molecule has 1 aromatic rings. The first-order chi connectivity index (χ1) is 7.96. The Balaban J connectivity index is 3.08. The van der Waals surface area contributed by atoms with E-state index in [1.54, 1.807) is 18.2 Å². The highest BCUT2D eigenvalue weighted by molar-refractivity contribution is 7.92. The van der Waals surface area contributed by atoms with Crippen molar-refractivity contribution < 1.29 is 8.42 Å². The van der Waals surface area contributed by atoms with Gasteiger partial charge in [0.05, 0.1) is 12.0 Å². The van der Waals surface area contributed by atoms with Crippen LogP contribution in [0.25, 0.3) is 0 Å². The number of anilines is 1. The summed E-state index contributed by atoms with van der Waals surface area (Å²) in [7, 11) is -3.26. The first-order valence-electron chi connectivity index (χ1n) is 5.07. The van der Waals surface area contributed by atoms with E-state index in [2.05, 4.69) is 21.6 Å². The molecule has 0 amide bonds. The fraction of sp³-hybridized carbons (Fsp3) is 0.273. The van der Waals surface area contributed by atoms with Crippen molar-refractivity contribution in [1.29, 1.82) is 0 Å². The van der Waals surface area contributed by atoms with Gasteiger partial charge in [0.2, 0.25) is 10.0 Å². The minimum Gasteiger partial charge on any atom is -0.284 e. The highest BCUT2D eigenvalue weighted by Gasteiger charge is 2.05. The van der Waals surface area contributed by atoms with Gasteiger partial charge in [-0.2, -0.15) is 10.2 Å². The van der Waals surface area contributed by atoms with Crippen molar-refractivity contribution in [2.45, 2.75) is 13.3 Å². The Bertz CT molecular complexity index is 535. The second-order valence-corrected chi connectivity index (χ2v) is 5.25. The summed E-state index contributed by atoms with van der Waals surface area (Å²) in [5.74, 6) is 0. The van der Waals surface area contributed by atoms with Crippen molar-refractivity contribution >= 4 is 28.1 Å². The molecule has 0 atom stereocenters. The smallest absolute Gasteiger partial charge is 0.229 e. The lowest BCUT2D eigenvalue weighted by Gasteiger charge is -2.07. The number of sulfonamides is 1. The Hall–Kier alpha value is -1.69. The van der Waals surface area contributed by atoms with Crippen molar-refractivity contribution in [2.75, 3.05) is 11.0 Å². The van der Waals surface area contributed by atoms with Crippen LogP contribution in [0.15, 0.2) is 34.5 Å². The third kappa shape index (κ3) is 4.36. The third-order valence-corrected chi connectivity index (χ3v) is 2.63. The van der Waals surface area contributed by atoms with Gasteiger partial charge in [-0.3, -0.25) is 4.72 Å². The molecule has 92 valence electrons. The Morgan fingerprint density at radius 3 is 2.71 bits per heavy atom. The van der Waals surface area contributed by atoms with E-state index in [9.17, 15) is 8.42 Å². The average Bonchev–Trinajstić information content (AvgIpc) is 2.24. The van der Waals surface area contributed by atoms with Crippen molar-refractivity contribution in [3.63, 3.8) is 0 Å². The van der Waals surface area contributed by atoms with E-state index in [1.165, 1.54) is 0 Å². The Morgan fingerprint density at radius 2 is 2.18 bits per heavy atom. The van der Waals surface area contributed by atoms with Crippen molar-refractivity contribution in [3.8, 4) is 0 Å². The van der Waals surface area contributed by atoms with Crippen LogP contribution in [0.5, 0.6) is 0 Å². The summed E-state index contributed by atoms with van der Waals surface area (Å²) in [5.41, 5.74) is 2.10. The molecule has 17 heavy (non-hydrogen) atoms. The van der Waals surface area contributed by atoms with Gasteiger partial charge in [-0.25, -0.2) is 8.42 Å². The van der Waals surface area contributed by atoms with E-state index in [4.69, 9.17) is 0 Å². The van der Waals surface area contributed by atoms with E-state index in [0.717, 1.165) is 17.5 Å². The van der Waals surface area contributed by atoms with Crippen LogP contribution in [0.3, 0.4) is 0 Å². The highest BCUT2D eigenvalue weighted by Crippen LogP contribution is 2.14. The highest BCUT2D eigenvalue weighted by atomic mass is 32.2. The second-order valence-electron chi connectivity index (χ2n) is 3.50. The zero-order valence-corrected chi connectivity index (χ0v) is 10.7. The fourth-order valence-corrected chi connectivity index (χ4v) is 1.95. The van der Waals surface area contributed by atoms with Gasteiger partial charge in [0.15, 0.2) is 0 Å². The summed E-state index contributed by atoms with van der Waals surface area (Å²) in [4.78, 5) is 0. The quantitative estimate of drug-likeness (QED) is 0.642. The summed E-state index contributed by atoms with van der Waals surface area (Å²) < 4.78 is 24.6. The molecule has 0 heterocycles. The van der Waals surface area contributed by atoms with Crippen LogP contribution in [0.1, 0.15) is 18.9 Å². The van der Waals surface area contributed by atoms with Crippen LogP contribution in [0.4, 0.5) is 5.69 Å². The van der Waals surface area contributed by atoms with Crippen molar-refractivity contribution in [3.05, 3.63) is 29.8 Å². The molecule has 0 saturated carbocycles. The minimum absolute atomic E-state index is 0.509. The minimum atomic E-state index is -3.26. The lowest BCUT2D eigenvalue weighted by atomic mass is 10.1. The van der Waals surface area contributed by atoms with E-state index in [-0.39, 0.29) is 0 Å². The predicted molar refractivity (Wildman–Crippen MR) is 71.3 cm³/mol. The average molecular weight is 253 g/mol. The SMILES string of the molecule is C=N/N=C(/CC)c1cccc(NS(C)(=O)=O)c1. The van der Waals surface area contributed by atoms with Gasteiger partial charge in [0.25, 0.3) is 0 Å². The van der Waals surface area contributed by atoms with Gasteiger partial charge in [0, 0.05) is 12.4 Å². The molecule has 0 radical (unpaired) electrons. The molecule has 5 nitrogen and oxygen atoms in total. The molecule has 6 heteroatoms. The molecule has 0 fully saturated rings. The van der Waals surface area contributed by atoms with Crippen LogP contribution in [0, 0.1) is 0 Å². The number of rotatable bonds is 5. The number of nitrogens with one attached hydrogen (secondary N) is 1. The van der Waals surface area contributed by atoms with Crippen molar-refractivity contribution in [2.24, 2.45) is 10.2 Å². The number of hydrogen-bond donors (Lipinski definition) is 1. The summed E-state index contributed by atoms with van der Waals surface area (Å²) in [5, 5.41) is 7.39. The molecular formula is C11H15N3O2S. The normalized spacial score (nSPS) is 12.2. The fourth-order valence-electron chi connectivity index (χ4n) is 1.39. The standard InChI is InChI=1S/C11H15N3O2S/c1-4-11(13-12-2)9-6-5-7-10(8-9)14-17(3,15)16/h5-8,14H,2,4H2,1,3H3/b13-11-. The van der Waals surface area contributed by atoms with Gasteiger partial charge in [-0.15, -0.1) is 0 Å². The summed E-state index contributed by atoms with van der Waals surface area (Å²) in [6.07, 6.45) is 1.81. The predicted octanol–water partition coefficient (Wildman–Crippen LogP) is 1.87. The van der Waals surface area contributed by atoms with E-state index >= 15 is 0 Å². The molecule has 1 rings (SSSR count). The molecule has 1 aromatic carbocycles. The molecule has 0 unspecified atom stereocenters. The van der Waals surface area contributed by atoms with Gasteiger partial charge < -0.3 is 0 Å². The van der Waals surface area contributed by atoms with Crippen LogP contribution in [-0.4, -0.2) is 27.1 Å². The molecule has 0 aromatic heterocycles. The third-order valence-electron chi connectivity index (χ3n) is 2.03. The summed E-state index contributed by atoms with van der Waals surface area (Å²) in [6.45, 7) is 5.25. The van der Waals surface area contributed by atoms with Crippen LogP contribution in [-0.2, 0) is 10.0 Å². The molecule has 0 spiro atoms. The number of benzene rings is 1. The Kier molecular flexibility index (Phi) is 4.39. The first kappa shape index (κ1) is 13.4. The molecular weight excluding hydrogens is 238 g/mol. The topological polar surface area (TPSA) is 70.9 Å². The summed E-state index contributed by atoms with van der Waals surface area (Å²) in [6, 6.07) is 7.01. The molecule has 0 bridgehead atoms. The number of hydrogen-bond acceptors (Lipinski definition) is 4. The molecule has 0 aliphatic heterocycles. The van der Waals surface area contributed by atoms with E-state index in [1.807, 2.05) is 13.0 Å². The van der Waals surface area contributed by atoms with Crippen LogP contribution < -0.4 is 4.72 Å². The Morgan fingerprint density at radius 1 is 1.47 bits per heavy atom. The second kappa shape index (κ2) is 5.58. The molecule has 0 aliphatic rings. The van der Waals surface area contributed by atoms with E-state index < -0.39 is 10.0 Å². The first-order valence-corrected chi connectivity index (χ1v) is 6.96. The van der Waals surface area contributed by atoms with Crippen LogP contribution in [0.2, 0.25) is 0 Å². The maximum Gasteiger partial charge on any atom is 0.229 e.